The first kappa shape index (κ1) is 42.8. The van der Waals surface area contributed by atoms with Gasteiger partial charge in [0.1, 0.15) is 29.0 Å². The molecule has 12 nitrogen and oxygen atoms in total. The van der Waals surface area contributed by atoms with Gasteiger partial charge >= 0.3 is 0 Å². The highest BCUT2D eigenvalue weighted by Gasteiger charge is 2.45. The number of nitrogens with zero attached hydrogens (tertiary/aromatic N) is 6. The molecular formula is C48H52N8O4S2. The maximum Gasteiger partial charge on any atom is 0.251 e. The summed E-state index contributed by atoms with van der Waals surface area (Å²) < 4.78 is 2.13. The lowest BCUT2D eigenvalue weighted by Gasteiger charge is -2.35. The van der Waals surface area contributed by atoms with Crippen molar-refractivity contribution in [3.05, 3.63) is 128 Å². The maximum absolute atomic E-state index is 14.4. The van der Waals surface area contributed by atoms with E-state index in [1.54, 1.807) is 34.8 Å². The molecule has 3 amide bonds. The van der Waals surface area contributed by atoms with Crippen molar-refractivity contribution in [1.29, 1.82) is 0 Å². The average molecular weight is 869 g/mol. The summed E-state index contributed by atoms with van der Waals surface area (Å²) in [4.78, 5) is 55.3. The van der Waals surface area contributed by atoms with Crippen molar-refractivity contribution in [3.63, 3.8) is 0 Å². The number of aromatic nitrogens is 4. The average Bonchev–Trinajstić information content (AvgIpc) is 4.02. The predicted octanol–water partition coefficient (Wildman–Crippen LogP) is 8.25. The molecule has 0 saturated carbocycles. The number of amides is 3. The summed E-state index contributed by atoms with van der Waals surface area (Å²) in [7, 11) is 0. The molecule has 0 radical (unpaired) electrons. The van der Waals surface area contributed by atoms with Crippen LogP contribution in [0.5, 0.6) is 0 Å². The van der Waals surface area contributed by atoms with Crippen molar-refractivity contribution in [2.75, 3.05) is 6.54 Å². The van der Waals surface area contributed by atoms with Gasteiger partial charge in [-0.3, -0.25) is 23.9 Å². The Balaban J connectivity index is 0.971. The highest BCUT2D eigenvalue weighted by atomic mass is 32.1. The van der Waals surface area contributed by atoms with Gasteiger partial charge in [0.2, 0.25) is 11.8 Å². The van der Waals surface area contributed by atoms with Crippen LogP contribution in [0.4, 0.5) is 0 Å². The van der Waals surface area contributed by atoms with E-state index in [-0.39, 0.29) is 31.0 Å². The van der Waals surface area contributed by atoms with Gasteiger partial charge in [0.15, 0.2) is 5.82 Å². The fourth-order valence-corrected chi connectivity index (χ4v) is 10.4. The Bertz CT molecular complexity index is 2710. The number of carbonyl (C=O) groups excluding carboxylic acids is 3. The zero-order valence-corrected chi connectivity index (χ0v) is 38.1. The van der Waals surface area contributed by atoms with E-state index >= 15 is 0 Å². The maximum atomic E-state index is 14.4. The van der Waals surface area contributed by atoms with Gasteiger partial charge < -0.3 is 20.6 Å². The normalized spacial score (nSPS) is 18.3. The fraction of sp³-hybridized carbons (Fsp3) is 0.354. The third-order valence-corrected chi connectivity index (χ3v) is 14.2. The minimum atomic E-state index is -0.971. The number of fused-ring (bicyclic) bond motifs is 3. The van der Waals surface area contributed by atoms with Gasteiger partial charge in [0.25, 0.3) is 5.91 Å². The first-order valence-corrected chi connectivity index (χ1v) is 22.6. The van der Waals surface area contributed by atoms with Crippen molar-refractivity contribution in [1.82, 2.24) is 35.3 Å². The molecule has 1 fully saturated rings. The summed E-state index contributed by atoms with van der Waals surface area (Å²) in [5.74, 6) is 0.455. The number of aliphatic imine (C=N–C) groups is 1. The van der Waals surface area contributed by atoms with E-state index in [2.05, 4.69) is 56.4 Å². The largest absolute Gasteiger partial charge is 0.391 e. The number of thiophene rings is 1. The Kier molecular flexibility index (Phi) is 11.6. The Morgan fingerprint density at radius 3 is 2.26 bits per heavy atom. The second-order valence-electron chi connectivity index (χ2n) is 17.5. The monoisotopic (exact) mass is 868 g/mol. The Morgan fingerprint density at radius 2 is 1.58 bits per heavy atom. The lowest BCUT2D eigenvalue weighted by atomic mass is 9.85. The number of rotatable bonds is 9. The van der Waals surface area contributed by atoms with Crippen molar-refractivity contribution < 1.29 is 19.5 Å². The highest BCUT2D eigenvalue weighted by molar-refractivity contribution is 7.15. The van der Waals surface area contributed by atoms with Crippen LogP contribution in [-0.2, 0) is 9.59 Å². The van der Waals surface area contributed by atoms with Crippen molar-refractivity contribution in [2.45, 2.75) is 99.0 Å². The SMILES string of the molecule is Cc1ncsc1-c1ccc([C@H](C)NC(=O)[C@@H]2C[C@@H](O)CN2C(=O)C(NC(=O)c2ccc(-c3cccc(C4=N[C@@H](C)c5nnc(C)n5-c5sc(C)c(C)c54)c3)cc2)C(C)(C)C)cc1. The summed E-state index contributed by atoms with van der Waals surface area (Å²) in [5.41, 5.74) is 10.5. The van der Waals surface area contributed by atoms with Crippen LogP contribution in [0.3, 0.4) is 0 Å². The molecule has 0 aliphatic carbocycles. The third kappa shape index (κ3) is 8.14. The van der Waals surface area contributed by atoms with Gasteiger partial charge in [-0.15, -0.1) is 32.9 Å². The van der Waals surface area contributed by atoms with Gasteiger partial charge in [-0.2, -0.15) is 0 Å². The molecule has 5 atom stereocenters. The van der Waals surface area contributed by atoms with E-state index in [1.807, 2.05) is 103 Å². The van der Waals surface area contributed by atoms with E-state index in [9.17, 15) is 19.5 Å². The van der Waals surface area contributed by atoms with Crippen LogP contribution < -0.4 is 10.6 Å². The van der Waals surface area contributed by atoms with Crippen LogP contribution in [0.25, 0.3) is 26.6 Å². The number of likely N-dealkylation sites (tertiary alicyclic amines) is 1. The first-order valence-electron chi connectivity index (χ1n) is 20.9. The van der Waals surface area contributed by atoms with E-state index in [1.165, 1.54) is 15.3 Å². The standard InChI is InChI=1S/C48H52N8O4S2/c1-25-29(5)62-47-39(25)40(50-28(4)43-54-53-30(6)56(43)47)36-12-10-11-35(21-36)32-15-19-34(20-16-32)44(58)52-42(48(7,8)9)46(60)55-23-37(57)22-38(55)45(59)51-26(2)31-13-17-33(18-14-31)41-27(3)49-24-61-41/h10-21,24,26,28,37-38,42,57H,22-23H2,1-9H3,(H,51,59)(H,52,58)/t26-,28-,37+,38-,42?/m0/s1. The number of aliphatic hydroxyl groups excluding tert-OH is 1. The first-order chi connectivity index (χ1) is 29.5. The fourth-order valence-electron chi connectivity index (χ4n) is 8.37. The van der Waals surface area contributed by atoms with Crippen LogP contribution in [0.1, 0.15) is 108 Å². The topological polar surface area (TPSA) is 155 Å². The zero-order valence-electron chi connectivity index (χ0n) is 36.5. The Labute approximate surface area is 370 Å². The summed E-state index contributed by atoms with van der Waals surface area (Å²) >= 11 is 3.31. The quantitative estimate of drug-likeness (QED) is 0.132. The molecule has 320 valence electrons. The Hall–Kier alpha value is -5.83. The molecule has 5 heterocycles. The molecule has 2 aliphatic rings. The molecule has 3 aromatic heterocycles. The number of aryl methyl sites for hydroxylation is 3. The molecule has 2 aliphatic heterocycles. The second kappa shape index (κ2) is 16.8. The smallest absolute Gasteiger partial charge is 0.251 e. The number of aliphatic hydroxyl groups is 1. The lowest BCUT2D eigenvalue weighted by Crippen LogP contribution is -2.57. The van der Waals surface area contributed by atoms with E-state index in [0.717, 1.165) is 66.3 Å². The molecular weight excluding hydrogens is 817 g/mol. The molecule has 3 aromatic carbocycles. The number of hydrogen-bond donors (Lipinski definition) is 3. The molecule has 3 N–H and O–H groups in total. The van der Waals surface area contributed by atoms with Crippen LogP contribution in [0, 0.1) is 33.1 Å². The van der Waals surface area contributed by atoms with Crippen molar-refractivity contribution in [3.8, 4) is 26.6 Å². The van der Waals surface area contributed by atoms with Gasteiger partial charge in [-0.05, 0) is 93.0 Å². The predicted molar refractivity (Wildman–Crippen MR) is 245 cm³/mol. The van der Waals surface area contributed by atoms with Crippen LogP contribution >= 0.6 is 22.7 Å². The summed E-state index contributed by atoms with van der Waals surface area (Å²) in [6, 6.07) is 21.2. The van der Waals surface area contributed by atoms with E-state index in [0.29, 0.717) is 5.56 Å². The van der Waals surface area contributed by atoms with Crippen LogP contribution in [0.15, 0.2) is 83.3 Å². The molecule has 0 bridgehead atoms. The number of benzene rings is 3. The second-order valence-corrected chi connectivity index (χ2v) is 19.6. The molecule has 14 heteroatoms. The number of hydrogen-bond acceptors (Lipinski definition) is 10. The van der Waals surface area contributed by atoms with Gasteiger partial charge in [-0.25, -0.2) is 4.98 Å². The summed E-state index contributed by atoms with van der Waals surface area (Å²) in [5, 5.41) is 26.7. The number of thiazole rings is 1. The molecule has 6 aromatic rings. The third-order valence-electron chi connectivity index (χ3n) is 12.0. The molecule has 62 heavy (non-hydrogen) atoms. The molecule has 1 unspecified atom stereocenters. The van der Waals surface area contributed by atoms with Crippen molar-refractivity contribution >= 4 is 46.1 Å². The van der Waals surface area contributed by atoms with E-state index < -0.39 is 35.4 Å². The lowest BCUT2D eigenvalue weighted by molar-refractivity contribution is -0.142. The van der Waals surface area contributed by atoms with Gasteiger partial charge in [-0.1, -0.05) is 75.4 Å². The van der Waals surface area contributed by atoms with Crippen molar-refractivity contribution in [2.24, 2.45) is 10.4 Å². The summed E-state index contributed by atoms with van der Waals surface area (Å²) in [6.07, 6.45) is -0.776. The zero-order chi connectivity index (χ0) is 44.2. The molecule has 1 saturated heterocycles. The minimum absolute atomic E-state index is 0.0104. The Morgan fingerprint density at radius 1 is 0.887 bits per heavy atom. The minimum Gasteiger partial charge on any atom is -0.391 e. The molecule has 0 spiro atoms. The van der Waals surface area contributed by atoms with Crippen LogP contribution in [0.2, 0.25) is 0 Å². The number of β-amino-alcohol motifs (C(OH)–C–C–N with tert-alkyl or cyclic N) is 1. The number of nitrogens with one attached hydrogen (secondary N) is 2. The molecule has 8 rings (SSSR count). The summed E-state index contributed by atoms with van der Waals surface area (Å²) in [6.45, 7) is 17.8. The number of carbonyl (C=O) groups is 3. The van der Waals surface area contributed by atoms with Gasteiger partial charge in [0.05, 0.1) is 33.9 Å². The van der Waals surface area contributed by atoms with Gasteiger partial charge in [0, 0.05) is 34.5 Å². The van der Waals surface area contributed by atoms with E-state index in [4.69, 9.17) is 4.99 Å². The highest BCUT2D eigenvalue weighted by Crippen LogP contribution is 2.39. The van der Waals surface area contributed by atoms with Crippen LogP contribution in [-0.4, -0.2) is 77.9 Å².